The third-order valence-electron chi connectivity index (χ3n) is 2.10. The average molecular weight is 229 g/mol. The molecule has 0 aliphatic carbocycles. The van der Waals surface area contributed by atoms with Crippen LogP contribution in [0.5, 0.6) is 0 Å². The first-order chi connectivity index (χ1) is 7.47. The molecule has 5 nitrogen and oxygen atoms in total. The molecule has 0 saturated carbocycles. The van der Waals surface area contributed by atoms with Gasteiger partial charge >= 0.3 is 0 Å². The Morgan fingerprint density at radius 1 is 1.31 bits per heavy atom. The number of nitrogens with one attached hydrogen (secondary N) is 2. The first-order valence-corrected chi connectivity index (χ1v) is 5.76. The fourth-order valence-electron chi connectivity index (χ4n) is 1.37. The molecule has 1 atom stereocenters. The lowest BCUT2D eigenvalue weighted by Gasteiger charge is -2.19. The molecule has 0 aromatic rings. The number of rotatable bonds is 8. The Kier molecular flexibility index (Phi) is 7.54. The lowest BCUT2D eigenvalue weighted by atomic mass is 10.0. The van der Waals surface area contributed by atoms with Gasteiger partial charge in [0.05, 0.1) is 12.6 Å². The van der Waals surface area contributed by atoms with Crippen LogP contribution in [-0.4, -0.2) is 30.9 Å². The molecule has 0 heterocycles. The maximum absolute atomic E-state index is 11.7. The minimum atomic E-state index is -0.521. The number of amides is 2. The molecule has 0 aliphatic rings. The second-order valence-corrected chi connectivity index (χ2v) is 4.32. The van der Waals surface area contributed by atoms with Crippen LogP contribution in [-0.2, 0) is 9.59 Å². The summed E-state index contributed by atoms with van der Waals surface area (Å²) < 4.78 is 0. The molecule has 0 unspecified atom stereocenters. The molecule has 0 bridgehead atoms. The molecule has 0 saturated heterocycles. The third-order valence-corrected chi connectivity index (χ3v) is 2.10. The van der Waals surface area contributed by atoms with Gasteiger partial charge in [0, 0.05) is 0 Å². The van der Waals surface area contributed by atoms with Gasteiger partial charge in [-0.3, -0.25) is 9.59 Å². The van der Waals surface area contributed by atoms with Gasteiger partial charge in [0.15, 0.2) is 0 Å². The predicted octanol–water partition coefficient (Wildman–Crippen LogP) is 0.00220. The zero-order chi connectivity index (χ0) is 12.6. The van der Waals surface area contributed by atoms with Crippen molar-refractivity contribution in [3.8, 4) is 0 Å². The van der Waals surface area contributed by atoms with E-state index in [9.17, 15) is 9.59 Å². The quantitative estimate of drug-likeness (QED) is 0.548. The van der Waals surface area contributed by atoms with Gasteiger partial charge in [-0.2, -0.15) is 0 Å². The van der Waals surface area contributed by atoms with Crippen LogP contribution < -0.4 is 16.4 Å². The third kappa shape index (κ3) is 7.23. The van der Waals surface area contributed by atoms with Gasteiger partial charge in [-0.15, -0.1) is 0 Å². The Labute approximate surface area is 97.2 Å². The number of nitrogens with two attached hydrogens (primary N) is 1. The van der Waals surface area contributed by atoms with Crippen molar-refractivity contribution in [3.63, 3.8) is 0 Å². The molecule has 0 rings (SSSR count). The van der Waals surface area contributed by atoms with Crippen LogP contribution in [0.4, 0.5) is 0 Å². The van der Waals surface area contributed by atoms with Crippen LogP contribution >= 0.6 is 0 Å². The highest BCUT2D eigenvalue weighted by Crippen LogP contribution is 2.04. The van der Waals surface area contributed by atoms with E-state index in [0.29, 0.717) is 5.92 Å². The minimum absolute atomic E-state index is 0.0960. The molecule has 0 aromatic heterocycles. The van der Waals surface area contributed by atoms with Crippen molar-refractivity contribution >= 4 is 11.8 Å². The molecule has 0 aliphatic heterocycles. The van der Waals surface area contributed by atoms with Crippen molar-refractivity contribution in [2.24, 2.45) is 11.7 Å². The number of hydrogen-bond acceptors (Lipinski definition) is 3. The topological polar surface area (TPSA) is 84.2 Å². The Hall–Kier alpha value is -1.10. The normalized spacial score (nSPS) is 12.5. The maximum Gasteiger partial charge on any atom is 0.237 e. The Morgan fingerprint density at radius 3 is 2.38 bits per heavy atom. The number of hydrogen-bond donors (Lipinski definition) is 3. The summed E-state index contributed by atoms with van der Waals surface area (Å²) in [6, 6.07) is -0.237. The smallest absolute Gasteiger partial charge is 0.237 e. The standard InChI is InChI=1S/C11H23N3O2/c1-4-5-13-9(6-8(2)3)11(16)14-7-10(12)15/h8-9,13H,4-7H2,1-3H3,(H2,12,15)(H,14,16)/t9-/m0/s1. The number of carbonyl (C=O) groups excluding carboxylic acids is 2. The van der Waals surface area contributed by atoms with Gasteiger partial charge in [0.25, 0.3) is 0 Å². The van der Waals surface area contributed by atoms with Crippen LogP contribution in [0, 0.1) is 5.92 Å². The molecular formula is C11H23N3O2. The van der Waals surface area contributed by atoms with Crippen molar-refractivity contribution in [1.29, 1.82) is 0 Å². The van der Waals surface area contributed by atoms with E-state index in [-0.39, 0.29) is 18.5 Å². The van der Waals surface area contributed by atoms with Crippen molar-refractivity contribution in [3.05, 3.63) is 0 Å². The summed E-state index contributed by atoms with van der Waals surface area (Å²) in [5, 5.41) is 5.68. The SMILES string of the molecule is CCCN[C@@H](CC(C)C)C(=O)NCC(N)=O. The highest BCUT2D eigenvalue weighted by atomic mass is 16.2. The summed E-state index contributed by atoms with van der Waals surface area (Å²) in [6.45, 7) is 6.85. The summed E-state index contributed by atoms with van der Waals surface area (Å²) in [6.07, 6.45) is 1.72. The Bertz CT molecular complexity index is 229. The number of primary amides is 1. The van der Waals surface area contributed by atoms with Crippen molar-refractivity contribution in [2.75, 3.05) is 13.1 Å². The second kappa shape index (κ2) is 8.10. The summed E-state index contributed by atoms with van der Waals surface area (Å²) >= 11 is 0. The van der Waals surface area contributed by atoms with Crippen molar-refractivity contribution in [2.45, 2.75) is 39.7 Å². The van der Waals surface area contributed by atoms with E-state index in [2.05, 4.69) is 24.5 Å². The molecule has 2 amide bonds. The highest BCUT2D eigenvalue weighted by Gasteiger charge is 2.18. The largest absolute Gasteiger partial charge is 0.368 e. The molecule has 0 radical (unpaired) electrons. The molecular weight excluding hydrogens is 206 g/mol. The summed E-state index contributed by atoms with van der Waals surface area (Å²) in [4.78, 5) is 22.3. The zero-order valence-corrected chi connectivity index (χ0v) is 10.4. The molecule has 0 fully saturated rings. The van der Waals surface area contributed by atoms with Gasteiger partial charge in [-0.25, -0.2) is 0 Å². The van der Waals surface area contributed by atoms with E-state index in [0.717, 1.165) is 19.4 Å². The van der Waals surface area contributed by atoms with E-state index in [1.165, 1.54) is 0 Å². The second-order valence-electron chi connectivity index (χ2n) is 4.32. The molecule has 0 spiro atoms. The molecule has 94 valence electrons. The number of carbonyl (C=O) groups is 2. The van der Waals surface area contributed by atoms with Crippen LogP contribution in [0.25, 0.3) is 0 Å². The first-order valence-electron chi connectivity index (χ1n) is 5.76. The molecule has 4 N–H and O–H groups in total. The summed E-state index contributed by atoms with van der Waals surface area (Å²) in [5.74, 6) is -0.248. The summed E-state index contributed by atoms with van der Waals surface area (Å²) in [5.41, 5.74) is 4.97. The van der Waals surface area contributed by atoms with E-state index in [4.69, 9.17) is 5.73 Å². The molecule has 16 heavy (non-hydrogen) atoms. The predicted molar refractivity (Wildman–Crippen MR) is 63.7 cm³/mol. The average Bonchev–Trinajstić information content (AvgIpc) is 2.20. The lowest BCUT2D eigenvalue weighted by molar-refractivity contribution is -0.126. The molecule has 5 heteroatoms. The fourth-order valence-corrected chi connectivity index (χ4v) is 1.37. The summed E-state index contributed by atoms with van der Waals surface area (Å²) in [7, 11) is 0. The minimum Gasteiger partial charge on any atom is -0.368 e. The lowest BCUT2D eigenvalue weighted by Crippen LogP contribution is -2.47. The van der Waals surface area contributed by atoms with Crippen molar-refractivity contribution in [1.82, 2.24) is 10.6 Å². The van der Waals surface area contributed by atoms with Gasteiger partial charge < -0.3 is 16.4 Å². The van der Waals surface area contributed by atoms with Gasteiger partial charge in [-0.05, 0) is 25.3 Å². The van der Waals surface area contributed by atoms with Gasteiger partial charge in [-0.1, -0.05) is 20.8 Å². The molecule has 0 aromatic carbocycles. The van der Waals surface area contributed by atoms with Crippen LogP contribution in [0.2, 0.25) is 0 Å². The van der Waals surface area contributed by atoms with E-state index < -0.39 is 5.91 Å². The fraction of sp³-hybridized carbons (Fsp3) is 0.818. The first kappa shape index (κ1) is 14.9. The van der Waals surface area contributed by atoms with E-state index in [1.54, 1.807) is 0 Å². The maximum atomic E-state index is 11.7. The zero-order valence-electron chi connectivity index (χ0n) is 10.4. The van der Waals surface area contributed by atoms with Gasteiger partial charge in [0.1, 0.15) is 0 Å². The van der Waals surface area contributed by atoms with Crippen LogP contribution in [0.15, 0.2) is 0 Å². The highest BCUT2D eigenvalue weighted by molar-refractivity contribution is 5.86. The van der Waals surface area contributed by atoms with E-state index >= 15 is 0 Å². The van der Waals surface area contributed by atoms with E-state index in [1.807, 2.05) is 6.92 Å². The van der Waals surface area contributed by atoms with Crippen LogP contribution in [0.1, 0.15) is 33.6 Å². The van der Waals surface area contributed by atoms with Crippen LogP contribution in [0.3, 0.4) is 0 Å². The van der Waals surface area contributed by atoms with Gasteiger partial charge in [0.2, 0.25) is 11.8 Å². The monoisotopic (exact) mass is 229 g/mol. The van der Waals surface area contributed by atoms with Crippen molar-refractivity contribution < 1.29 is 9.59 Å². The Morgan fingerprint density at radius 2 is 1.94 bits per heavy atom. The Balaban J connectivity index is 4.14.